The normalized spacial score (nSPS) is 11.1. The van der Waals surface area contributed by atoms with Gasteiger partial charge in [0.1, 0.15) is 11.5 Å². The Morgan fingerprint density at radius 1 is 1.07 bits per heavy atom. The summed E-state index contributed by atoms with van der Waals surface area (Å²) in [5.74, 6) is 0.916. The Balaban J connectivity index is 1.23. The van der Waals surface area contributed by atoms with E-state index in [1.165, 1.54) is 5.56 Å². The van der Waals surface area contributed by atoms with Gasteiger partial charge in [-0.15, -0.1) is 11.3 Å². The Kier molecular flexibility index (Phi) is 6.00. The fourth-order valence-electron chi connectivity index (χ4n) is 3.26. The van der Waals surface area contributed by atoms with Gasteiger partial charge >= 0.3 is 0 Å². The van der Waals surface area contributed by atoms with Gasteiger partial charge in [-0.25, -0.2) is 9.97 Å². The summed E-state index contributed by atoms with van der Waals surface area (Å²) in [4.78, 5) is 24.8. The molecule has 0 saturated heterocycles. The zero-order valence-electron chi connectivity index (χ0n) is 16.4. The molecule has 29 heavy (non-hydrogen) atoms. The Morgan fingerprint density at radius 2 is 1.90 bits per heavy atom. The van der Waals surface area contributed by atoms with Gasteiger partial charge in [0.15, 0.2) is 0 Å². The standard InChI is InChI=1S/C23H24N4OS/c1-16-11-12-18-19(13-16)26-21(25-18)9-5-6-10-22-27-20(15-29-22)23(28)24-14-17-7-3-2-4-8-17/h2-4,7-8,11-13,15H,5-6,9-10,14H2,1H3,(H,24,28)(H,25,26). The van der Waals surface area contributed by atoms with Gasteiger partial charge in [0, 0.05) is 18.3 Å². The maximum absolute atomic E-state index is 12.3. The van der Waals surface area contributed by atoms with E-state index in [0.29, 0.717) is 12.2 Å². The number of aromatic nitrogens is 3. The zero-order valence-corrected chi connectivity index (χ0v) is 17.3. The number of hydrogen-bond acceptors (Lipinski definition) is 4. The second-order valence-electron chi connectivity index (χ2n) is 7.21. The number of amides is 1. The monoisotopic (exact) mass is 404 g/mol. The van der Waals surface area contributed by atoms with Gasteiger partial charge in [0.05, 0.1) is 16.0 Å². The van der Waals surface area contributed by atoms with Crippen LogP contribution in [0.15, 0.2) is 53.9 Å². The number of imidazole rings is 1. The molecule has 0 saturated carbocycles. The van der Waals surface area contributed by atoms with E-state index in [2.05, 4.69) is 45.4 Å². The third-order valence-corrected chi connectivity index (χ3v) is 5.73. The largest absolute Gasteiger partial charge is 0.347 e. The van der Waals surface area contributed by atoms with Crippen molar-refractivity contribution in [1.82, 2.24) is 20.3 Å². The SMILES string of the molecule is Cc1ccc2nc(CCCCc3nc(C(=O)NCc4ccccc4)cs3)[nH]c2c1. The molecule has 2 heterocycles. The van der Waals surface area contributed by atoms with E-state index in [9.17, 15) is 4.79 Å². The first-order chi connectivity index (χ1) is 14.2. The molecule has 0 unspecified atom stereocenters. The van der Waals surface area contributed by atoms with Crippen LogP contribution in [-0.2, 0) is 19.4 Å². The van der Waals surface area contributed by atoms with Crippen molar-refractivity contribution in [3.63, 3.8) is 0 Å². The fourth-order valence-corrected chi connectivity index (χ4v) is 4.08. The average molecular weight is 405 g/mol. The number of H-pyrrole nitrogens is 1. The Bertz CT molecular complexity index is 1100. The molecule has 2 aromatic carbocycles. The number of hydrogen-bond donors (Lipinski definition) is 2. The van der Waals surface area contributed by atoms with Crippen LogP contribution >= 0.6 is 11.3 Å². The number of nitrogens with zero attached hydrogens (tertiary/aromatic N) is 2. The molecule has 0 fully saturated rings. The van der Waals surface area contributed by atoms with Crippen molar-refractivity contribution in [1.29, 1.82) is 0 Å². The Hall–Kier alpha value is -2.99. The molecule has 0 aliphatic heterocycles. The first kappa shape index (κ1) is 19.3. The lowest BCUT2D eigenvalue weighted by molar-refractivity contribution is 0.0946. The van der Waals surface area contributed by atoms with E-state index >= 15 is 0 Å². The zero-order chi connectivity index (χ0) is 20.1. The molecule has 1 amide bonds. The quantitative estimate of drug-likeness (QED) is 0.414. The third-order valence-electron chi connectivity index (χ3n) is 4.82. The van der Waals surface area contributed by atoms with Crippen molar-refractivity contribution in [2.45, 2.75) is 39.2 Å². The van der Waals surface area contributed by atoms with Crippen LogP contribution in [-0.4, -0.2) is 20.9 Å². The van der Waals surface area contributed by atoms with E-state index in [1.807, 2.05) is 35.7 Å². The maximum Gasteiger partial charge on any atom is 0.271 e. The van der Waals surface area contributed by atoms with E-state index in [0.717, 1.165) is 53.1 Å². The summed E-state index contributed by atoms with van der Waals surface area (Å²) >= 11 is 1.56. The highest BCUT2D eigenvalue weighted by atomic mass is 32.1. The van der Waals surface area contributed by atoms with Crippen molar-refractivity contribution >= 4 is 28.3 Å². The summed E-state index contributed by atoms with van der Waals surface area (Å²) < 4.78 is 0. The van der Waals surface area contributed by atoms with Gasteiger partial charge < -0.3 is 10.3 Å². The lowest BCUT2D eigenvalue weighted by Gasteiger charge is -2.02. The minimum atomic E-state index is -0.117. The van der Waals surface area contributed by atoms with Gasteiger partial charge in [-0.2, -0.15) is 0 Å². The van der Waals surface area contributed by atoms with E-state index in [-0.39, 0.29) is 5.91 Å². The molecule has 148 valence electrons. The van der Waals surface area contributed by atoms with Crippen LogP contribution in [0.3, 0.4) is 0 Å². The van der Waals surface area contributed by atoms with Crippen LogP contribution < -0.4 is 5.32 Å². The van der Waals surface area contributed by atoms with Crippen LogP contribution in [0, 0.1) is 6.92 Å². The third kappa shape index (κ3) is 5.09. The average Bonchev–Trinajstić information content (AvgIpc) is 3.36. The first-order valence-electron chi connectivity index (χ1n) is 9.89. The van der Waals surface area contributed by atoms with Gasteiger partial charge in [0.2, 0.25) is 0 Å². The second-order valence-corrected chi connectivity index (χ2v) is 8.15. The molecular weight excluding hydrogens is 380 g/mol. The highest BCUT2D eigenvalue weighted by molar-refractivity contribution is 7.09. The van der Waals surface area contributed by atoms with E-state index in [1.54, 1.807) is 11.3 Å². The number of thiazole rings is 1. The minimum Gasteiger partial charge on any atom is -0.347 e. The number of nitrogens with one attached hydrogen (secondary N) is 2. The maximum atomic E-state index is 12.3. The fraction of sp³-hybridized carbons (Fsp3) is 0.261. The molecule has 5 nitrogen and oxygen atoms in total. The highest BCUT2D eigenvalue weighted by Crippen LogP contribution is 2.16. The number of benzene rings is 2. The molecule has 2 aromatic heterocycles. The number of fused-ring (bicyclic) bond motifs is 1. The lowest BCUT2D eigenvalue weighted by atomic mass is 10.2. The summed E-state index contributed by atoms with van der Waals surface area (Å²) in [7, 11) is 0. The van der Waals surface area contributed by atoms with Crippen molar-refractivity contribution in [2.75, 3.05) is 0 Å². The van der Waals surface area contributed by atoms with Crippen LogP contribution in [0.1, 0.15) is 45.3 Å². The smallest absolute Gasteiger partial charge is 0.271 e. The topological polar surface area (TPSA) is 70.7 Å². The Morgan fingerprint density at radius 3 is 2.76 bits per heavy atom. The van der Waals surface area contributed by atoms with Crippen LogP contribution in [0.4, 0.5) is 0 Å². The van der Waals surface area contributed by atoms with Crippen LogP contribution in [0.2, 0.25) is 0 Å². The summed E-state index contributed by atoms with van der Waals surface area (Å²) in [6.07, 6.45) is 3.86. The van der Waals surface area contributed by atoms with Crippen molar-refractivity contribution in [3.8, 4) is 0 Å². The number of aryl methyl sites for hydroxylation is 3. The van der Waals surface area contributed by atoms with Gasteiger partial charge in [0.25, 0.3) is 5.91 Å². The second kappa shape index (κ2) is 9.01. The minimum absolute atomic E-state index is 0.117. The molecule has 0 atom stereocenters. The van der Waals surface area contributed by atoms with Gasteiger partial charge in [-0.05, 0) is 49.4 Å². The number of rotatable bonds is 8. The number of carbonyl (C=O) groups excluding carboxylic acids is 1. The molecule has 0 aliphatic carbocycles. The van der Waals surface area contributed by atoms with Crippen LogP contribution in [0.25, 0.3) is 11.0 Å². The van der Waals surface area contributed by atoms with Gasteiger partial charge in [-0.1, -0.05) is 36.4 Å². The molecule has 2 N–H and O–H groups in total. The molecule has 4 aromatic rings. The number of carbonyl (C=O) groups is 1. The summed E-state index contributed by atoms with van der Waals surface area (Å²) in [6.45, 7) is 2.60. The highest BCUT2D eigenvalue weighted by Gasteiger charge is 2.10. The first-order valence-corrected chi connectivity index (χ1v) is 10.8. The number of aromatic amines is 1. The summed E-state index contributed by atoms with van der Waals surface area (Å²) in [6, 6.07) is 16.2. The molecule has 6 heteroatoms. The molecule has 0 bridgehead atoms. The van der Waals surface area contributed by atoms with Gasteiger partial charge in [-0.3, -0.25) is 4.79 Å². The summed E-state index contributed by atoms with van der Waals surface area (Å²) in [5.41, 5.74) is 4.95. The predicted molar refractivity (Wildman–Crippen MR) is 117 cm³/mol. The Labute approximate surface area is 174 Å². The van der Waals surface area contributed by atoms with Crippen molar-refractivity contribution < 1.29 is 4.79 Å². The number of unbranched alkanes of at least 4 members (excludes halogenated alkanes) is 1. The summed E-state index contributed by atoms with van der Waals surface area (Å²) in [5, 5.41) is 5.78. The molecule has 0 radical (unpaired) electrons. The predicted octanol–water partition coefficient (Wildman–Crippen LogP) is 4.82. The van der Waals surface area contributed by atoms with E-state index in [4.69, 9.17) is 0 Å². The lowest BCUT2D eigenvalue weighted by Crippen LogP contribution is -2.23. The van der Waals surface area contributed by atoms with Crippen molar-refractivity contribution in [2.24, 2.45) is 0 Å². The molecule has 0 aliphatic rings. The molecular formula is C23H24N4OS. The molecule has 4 rings (SSSR count). The molecule has 0 spiro atoms. The van der Waals surface area contributed by atoms with Crippen molar-refractivity contribution in [3.05, 3.63) is 81.6 Å². The van der Waals surface area contributed by atoms with Crippen LogP contribution in [0.5, 0.6) is 0 Å². The van der Waals surface area contributed by atoms with E-state index < -0.39 is 0 Å².